The second kappa shape index (κ2) is 3.91. The lowest BCUT2D eigenvalue weighted by atomic mass is 9.64. The van der Waals surface area contributed by atoms with Gasteiger partial charge in [0.05, 0.1) is 14.2 Å². The molecule has 92 valence electrons. The molecule has 3 heteroatoms. The first-order chi connectivity index (χ1) is 8.26. The number of nitrogens with two attached hydrogens (primary N) is 1. The van der Waals surface area contributed by atoms with Gasteiger partial charge in [-0.15, -0.1) is 0 Å². The van der Waals surface area contributed by atoms with Gasteiger partial charge < -0.3 is 15.2 Å². The summed E-state index contributed by atoms with van der Waals surface area (Å²) in [5.41, 5.74) is 8.91. The first-order valence-electron chi connectivity index (χ1n) is 6.26. The molecule has 2 unspecified atom stereocenters. The Kier molecular flexibility index (Phi) is 2.51. The molecule has 0 radical (unpaired) electrons. The van der Waals surface area contributed by atoms with E-state index in [0.29, 0.717) is 11.8 Å². The quantitative estimate of drug-likeness (QED) is 0.853. The SMILES string of the molecule is COc1ccc(OC)c2c1C1CCC2[C@@H](N)C1. The predicted octanol–water partition coefficient (Wildman–Crippen LogP) is 2.40. The summed E-state index contributed by atoms with van der Waals surface area (Å²) in [4.78, 5) is 0. The molecule has 17 heavy (non-hydrogen) atoms. The Morgan fingerprint density at radius 1 is 1.06 bits per heavy atom. The summed E-state index contributed by atoms with van der Waals surface area (Å²) < 4.78 is 11.0. The number of hydrogen-bond acceptors (Lipinski definition) is 3. The number of fused-ring (bicyclic) bond motifs is 2. The Morgan fingerprint density at radius 3 is 2.29 bits per heavy atom. The van der Waals surface area contributed by atoms with E-state index < -0.39 is 0 Å². The maximum atomic E-state index is 6.25. The second-order valence-electron chi connectivity index (χ2n) is 5.08. The minimum absolute atomic E-state index is 0.280. The van der Waals surface area contributed by atoms with Crippen LogP contribution in [0.15, 0.2) is 12.1 Å². The summed E-state index contributed by atoms with van der Waals surface area (Å²) in [6, 6.07) is 4.30. The van der Waals surface area contributed by atoms with E-state index in [2.05, 4.69) is 0 Å². The summed E-state index contributed by atoms with van der Waals surface area (Å²) in [6.07, 6.45) is 3.50. The van der Waals surface area contributed by atoms with Crippen molar-refractivity contribution in [1.82, 2.24) is 0 Å². The van der Waals surface area contributed by atoms with E-state index in [4.69, 9.17) is 15.2 Å². The van der Waals surface area contributed by atoms with Crippen LogP contribution < -0.4 is 15.2 Å². The topological polar surface area (TPSA) is 44.5 Å². The van der Waals surface area contributed by atoms with Crippen LogP contribution in [-0.2, 0) is 0 Å². The van der Waals surface area contributed by atoms with Gasteiger partial charge in [0, 0.05) is 23.1 Å². The Bertz CT molecular complexity index is 444. The molecule has 0 saturated heterocycles. The summed E-state index contributed by atoms with van der Waals surface area (Å²) in [5.74, 6) is 2.98. The lowest BCUT2D eigenvalue weighted by Crippen LogP contribution is -2.39. The fraction of sp³-hybridized carbons (Fsp3) is 0.571. The Hall–Kier alpha value is -1.22. The zero-order chi connectivity index (χ0) is 12.0. The van der Waals surface area contributed by atoms with Crippen LogP contribution in [0.3, 0.4) is 0 Å². The highest BCUT2D eigenvalue weighted by atomic mass is 16.5. The van der Waals surface area contributed by atoms with Crippen LogP contribution in [0.1, 0.15) is 42.2 Å². The Balaban J connectivity index is 2.22. The molecule has 1 aromatic rings. The molecule has 3 aliphatic carbocycles. The van der Waals surface area contributed by atoms with Crippen molar-refractivity contribution in [3.05, 3.63) is 23.3 Å². The molecule has 2 bridgehead atoms. The van der Waals surface area contributed by atoms with Gasteiger partial charge in [-0.1, -0.05) is 0 Å². The van der Waals surface area contributed by atoms with Gasteiger partial charge in [0.1, 0.15) is 11.5 Å². The van der Waals surface area contributed by atoms with Gasteiger partial charge in [-0.3, -0.25) is 0 Å². The van der Waals surface area contributed by atoms with Crippen LogP contribution in [0, 0.1) is 0 Å². The van der Waals surface area contributed by atoms with E-state index in [0.717, 1.165) is 17.9 Å². The molecule has 0 heterocycles. The van der Waals surface area contributed by atoms with Crippen LogP contribution in [0.4, 0.5) is 0 Å². The molecule has 1 saturated carbocycles. The fourth-order valence-electron chi connectivity index (χ4n) is 3.58. The first kappa shape index (κ1) is 10.9. The van der Waals surface area contributed by atoms with Crippen LogP contribution in [0.2, 0.25) is 0 Å². The van der Waals surface area contributed by atoms with Gasteiger partial charge in [-0.25, -0.2) is 0 Å². The van der Waals surface area contributed by atoms with E-state index in [1.54, 1.807) is 14.2 Å². The van der Waals surface area contributed by atoms with Gasteiger partial charge in [0.15, 0.2) is 0 Å². The van der Waals surface area contributed by atoms with Gasteiger partial charge >= 0.3 is 0 Å². The Morgan fingerprint density at radius 2 is 1.71 bits per heavy atom. The van der Waals surface area contributed by atoms with Crippen molar-refractivity contribution in [3.63, 3.8) is 0 Å². The standard InChI is InChI=1S/C14H19NO2/c1-16-11-5-6-12(17-2)14-9-4-3-8(13(11)14)7-10(9)15/h5-6,8-10H,3-4,7,15H2,1-2H3/t8?,9?,10-/m0/s1. The number of hydrogen-bond donors (Lipinski definition) is 1. The molecule has 0 aliphatic heterocycles. The lowest BCUT2D eigenvalue weighted by molar-refractivity contribution is 0.288. The van der Waals surface area contributed by atoms with Crippen molar-refractivity contribution in [3.8, 4) is 11.5 Å². The van der Waals surface area contributed by atoms with E-state index in [9.17, 15) is 0 Å². The largest absolute Gasteiger partial charge is 0.496 e. The van der Waals surface area contributed by atoms with Gasteiger partial charge in [0.25, 0.3) is 0 Å². The highest BCUT2D eigenvalue weighted by Crippen LogP contribution is 2.54. The van der Waals surface area contributed by atoms with Crippen molar-refractivity contribution in [2.24, 2.45) is 5.73 Å². The third-order valence-corrected chi connectivity index (χ3v) is 4.33. The summed E-state index contributed by atoms with van der Waals surface area (Å²) >= 11 is 0. The average Bonchev–Trinajstić information content (AvgIpc) is 2.37. The third-order valence-electron chi connectivity index (χ3n) is 4.33. The predicted molar refractivity (Wildman–Crippen MR) is 66.9 cm³/mol. The zero-order valence-corrected chi connectivity index (χ0v) is 10.4. The highest BCUT2D eigenvalue weighted by Gasteiger charge is 2.41. The molecule has 4 rings (SSSR count). The van der Waals surface area contributed by atoms with E-state index >= 15 is 0 Å². The van der Waals surface area contributed by atoms with Gasteiger partial charge in [-0.05, 0) is 37.3 Å². The van der Waals surface area contributed by atoms with Crippen LogP contribution in [-0.4, -0.2) is 20.3 Å². The molecule has 1 fully saturated rings. The molecule has 1 aromatic carbocycles. The van der Waals surface area contributed by atoms with Crippen LogP contribution in [0.25, 0.3) is 0 Å². The molecule has 0 spiro atoms. The molecular weight excluding hydrogens is 214 g/mol. The minimum Gasteiger partial charge on any atom is -0.496 e. The number of methoxy groups -OCH3 is 2. The molecule has 3 nitrogen and oxygen atoms in total. The molecule has 2 N–H and O–H groups in total. The number of ether oxygens (including phenoxy) is 2. The molecular formula is C14H19NO2. The maximum absolute atomic E-state index is 6.25. The van der Waals surface area contributed by atoms with E-state index in [-0.39, 0.29) is 6.04 Å². The summed E-state index contributed by atoms with van der Waals surface area (Å²) in [7, 11) is 3.47. The van der Waals surface area contributed by atoms with Crippen LogP contribution >= 0.6 is 0 Å². The van der Waals surface area contributed by atoms with Crippen molar-refractivity contribution in [2.75, 3.05) is 14.2 Å². The number of benzene rings is 1. The van der Waals surface area contributed by atoms with Gasteiger partial charge in [-0.2, -0.15) is 0 Å². The smallest absolute Gasteiger partial charge is 0.122 e. The van der Waals surface area contributed by atoms with E-state index in [1.165, 1.54) is 24.0 Å². The van der Waals surface area contributed by atoms with Gasteiger partial charge in [0.2, 0.25) is 0 Å². The zero-order valence-electron chi connectivity index (χ0n) is 10.4. The fourth-order valence-corrected chi connectivity index (χ4v) is 3.58. The summed E-state index contributed by atoms with van der Waals surface area (Å²) in [5, 5.41) is 0. The monoisotopic (exact) mass is 233 g/mol. The maximum Gasteiger partial charge on any atom is 0.122 e. The lowest BCUT2D eigenvalue weighted by Gasteiger charge is -2.43. The molecule has 3 atom stereocenters. The van der Waals surface area contributed by atoms with Crippen molar-refractivity contribution >= 4 is 0 Å². The van der Waals surface area contributed by atoms with E-state index in [1.807, 2.05) is 12.1 Å². The molecule has 3 aliphatic rings. The van der Waals surface area contributed by atoms with Crippen molar-refractivity contribution < 1.29 is 9.47 Å². The minimum atomic E-state index is 0.280. The first-order valence-corrected chi connectivity index (χ1v) is 6.26. The van der Waals surface area contributed by atoms with Crippen LogP contribution in [0.5, 0.6) is 11.5 Å². The third kappa shape index (κ3) is 1.45. The summed E-state index contributed by atoms with van der Waals surface area (Å²) in [6.45, 7) is 0. The average molecular weight is 233 g/mol. The molecule has 0 amide bonds. The molecule has 0 aromatic heterocycles. The van der Waals surface area contributed by atoms with Crippen molar-refractivity contribution in [2.45, 2.75) is 37.1 Å². The Labute approximate surface area is 102 Å². The number of rotatable bonds is 2. The normalized spacial score (nSPS) is 29.9. The second-order valence-corrected chi connectivity index (χ2v) is 5.08. The van der Waals surface area contributed by atoms with Crippen molar-refractivity contribution in [1.29, 1.82) is 0 Å². The highest BCUT2D eigenvalue weighted by molar-refractivity contribution is 5.55.